The van der Waals surface area contributed by atoms with Gasteiger partial charge < -0.3 is 5.73 Å². The van der Waals surface area contributed by atoms with E-state index in [1.165, 1.54) is 19.2 Å². The van der Waals surface area contributed by atoms with Gasteiger partial charge in [0.05, 0.1) is 11.3 Å². The Balaban J connectivity index is 2.45. The van der Waals surface area contributed by atoms with E-state index in [0.29, 0.717) is 0 Å². The zero-order valence-corrected chi connectivity index (χ0v) is 10.3. The maximum absolute atomic E-state index is 12.7. The molecule has 0 saturated heterocycles. The first kappa shape index (κ1) is 13.8. The van der Waals surface area contributed by atoms with Crippen molar-refractivity contribution in [2.24, 2.45) is 17.3 Å². The van der Waals surface area contributed by atoms with Gasteiger partial charge in [-0.05, 0) is 12.1 Å². The molecule has 2 aromatic rings. The number of aryl methyl sites for hydroxylation is 1. The van der Waals surface area contributed by atoms with E-state index < -0.39 is 17.3 Å². The minimum atomic E-state index is -4.55. The van der Waals surface area contributed by atoms with Crippen molar-refractivity contribution in [3.63, 3.8) is 0 Å². The highest BCUT2D eigenvalue weighted by molar-refractivity contribution is 5.56. The number of benzene rings is 1. The van der Waals surface area contributed by atoms with Gasteiger partial charge in [0.2, 0.25) is 0 Å². The predicted octanol–water partition coefficient (Wildman–Crippen LogP) is 2.73. The van der Waals surface area contributed by atoms with Crippen LogP contribution in [0.5, 0.6) is 0 Å². The van der Waals surface area contributed by atoms with E-state index in [4.69, 9.17) is 5.73 Å². The van der Waals surface area contributed by atoms with Crippen LogP contribution in [0.4, 0.5) is 30.4 Å². The molecular weight excluding hydrogens is 275 g/mol. The fourth-order valence-corrected chi connectivity index (χ4v) is 1.56. The van der Waals surface area contributed by atoms with Gasteiger partial charge in [0.1, 0.15) is 5.82 Å². The van der Waals surface area contributed by atoms with E-state index in [9.17, 15) is 18.0 Å². The molecule has 0 atom stereocenters. The Morgan fingerprint density at radius 3 is 2.45 bits per heavy atom. The minimum absolute atomic E-state index is 0.0641. The number of rotatable bonds is 2. The average Bonchev–Trinajstić information content (AvgIpc) is 2.60. The maximum Gasteiger partial charge on any atom is 0.418 e. The van der Waals surface area contributed by atoms with E-state index in [-0.39, 0.29) is 17.2 Å². The third kappa shape index (κ3) is 2.56. The number of nitrogens with two attached hydrogens (primary N) is 1. The molecule has 0 aliphatic rings. The third-order valence-corrected chi connectivity index (χ3v) is 2.52. The molecule has 0 aliphatic carbocycles. The number of nitrogens with one attached hydrogen (secondary N) is 1. The van der Waals surface area contributed by atoms with Crippen LogP contribution in [0, 0.1) is 0 Å². The third-order valence-electron chi connectivity index (χ3n) is 2.52. The number of hydrogen-bond acceptors (Lipinski definition) is 4. The van der Waals surface area contributed by atoms with Crippen molar-refractivity contribution in [2.75, 3.05) is 5.73 Å². The van der Waals surface area contributed by atoms with Gasteiger partial charge in [0.15, 0.2) is 5.69 Å². The van der Waals surface area contributed by atoms with Crippen molar-refractivity contribution < 1.29 is 13.2 Å². The number of nitrogen functional groups attached to an aromatic ring is 1. The summed E-state index contributed by atoms with van der Waals surface area (Å²) >= 11 is 0. The number of aromatic nitrogens is 2. The number of hydrogen-bond donors (Lipinski definition) is 2. The summed E-state index contributed by atoms with van der Waals surface area (Å²) in [6.07, 6.45) is -4.55. The summed E-state index contributed by atoms with van der Waals surface area (Å²) < 4.78 is 39.3. The summed E-state index contributed by atoms with van der Waals surface area (Å²) in [5.74, 6) is -0.0641. The quantitative estimate of drug-likeness (QED) is 0.831. The van der Waals surface area contributed by atoms with Crippen LogP contribution in [0.25, 0.3) is 0 Å². The van der Waals surface area contributed by atoms with Crippen LogP contribution >= 0.6 is 0 Å². The van der Waals surface area contributed by atoms with Gasteiger partial charge in [-0.2, -0.15) is 13.2 Å². The van der Waals surface area contributed by atoms with Gasteiger partial charge in [0, 0.05) is 7.05 Å². The molecule has 9 heteroatoms. The van der Waals surface area contributed by atoms with Crippen molar-refractivity contribution in [1.29, 1.82) is 0 Å². The van der Waals surface area contributed by atoms with Crippen molar-refractivity contribution >= 4 is 17.2 Å². The van der Waals surface area contributed by atoms with Crippen LogP contribution in [0.15, 0.2) is 39.3 Å². The molecule has 6 nitrogen and oxygen atoms in total. The summed E-state index contributed by atoms with van der Waals surface area (Å²) in [4.78, 5) is 11.6. The molecule has 0 saturated carbocycles. The van der Waals surface area contributed by atoms with Gasteiger partial charge in [-0.3, -0.25) is 14.6 Å². The predicted molar refractivity (Wildman–Crippen MR) is 66.1 cm³/mol. The Labute approximate surface area is 110 Å². The topological polar surface area (TPSA) is 88.5 Å². The lowest BCUT2D eigenvalue weighted by molar-refractivity contribution is -0.137. The van der Waals surface area contributed by atoms with E-state index in [0.717, 1.165) is 16.8 Å². The standard InChI is InChI=1S/C11H10F3N5O/c1-19-10(20)8(9(15)18-19)17-16-7-5-3-2-4-6(7)11(12,13)14/h2-5,18H,15H2,1H3. The van der Waals surface area contributed by atoms with Crippen LogP contribution in [0.2, 0.25) is 0 Å². The molecule has 3 N–H and O–H groups in total. The Kier molecular flexibility index (Phi) is 3.35. The molecule has 106 valence electrons. The highest BCUT2D eigenvalue weighted by Gasteiger charge is 2.33. The molecule has 0 aliphatic heterocycles. The van der Waals surface area contributed by atoms with Crippen LogP contribution < -0.4 is 11.3 Å². The molecule has 0 fully saturated rings. The fourth-order valence-electron chi connectivity index (χ4n) is 1.56. The second kappa shape index (κ2) is 4.83. The number of aromatic amines is 1. The Morgan fingerprint density at radius 2 is 1.90 bits per heavy atom. The molecule has 0 bridgehead atoms. The summed E-state index contributed by atoms with van der Waals surface area (Å²) in [7, 11) is 1.40. The van der Waals surface area contributed by atoms with Crippen LogP contribution in [0.1, 0.15) is 5.56 Å². The molecule has 0 amide bonds. The molecule has 1 aromatic heterocycles. The van der Waals surface area contributed by atoms with Gasteiger partial charge >= 0.3 is 6.18 Å². The second-order valence-corrected chi connectivity index (χ2v) is 3.95. The maximum atomic E-state index is 12.7. The number of halogens is 3. The van der Waals surface area contributed by atoms with Gasteiger partial charge in [-0.1, -0.05) is 12.1 Å². The second-order valence-electron chi connectivity index (χ2n) is 3.95. The Hall–Kier alpha value is -2.58. The first-order valence-corrected chi connectivity index (χ1v) is 5.43. The monoisotopic (exact) mass is 285 g/mol. The van der Waals surface area contributed by atoms with E-state index in [2.05, 4.69) is 15.3 Å². The van der Waals surface area contributed by atoms with E-state index in [1.54, 1.807) is 0 Å². The number of azo groups is 1. The minimum Gasteiger partial charge on any atom is -0.382 e. The van der Waals surface area contributed by atoms with E-state index in [1.807, 2.05) is 0 Å². The molecule has 20 heavy (non-hydrogen) atoms. The highest BCUT2D eigenvalue weighted by atomic mass is 19.4. The lowest BCUT2D eigenvalue weighted by atomic mass is 10.2. The largest absolute Gasteiger partial charge is 0.418 e. The average molecular weight is 285 g/mol. The first-order valence-electron chi connectivity index (χ1n) is 5.43. The molecule has 0 radical (unpaired) electrons. The SMILES string of the molecule is Cn1[nH]c(N)c(N=Nc2ccccc2C(F)(F)F)c1=O. The Morgan fingerprint density at radius 1 is 1.25 bits per heavy atom. The number of H-pyrrole nitrogens is 1. The number of anilines is 1. The Bertz CT molecular complexity index is 714. The fraction of sp³-hybridized carbons (Fsp3) is 0.182. The van der Waals surface area contributed by atoms with Gasteiger partial charge in [-0.25, -0.2) is 0 Å². The molecule has 1 heterocycles. The molecule has 1 aromatic carbocycles. The van der Waals surface area contributed by atoms with Crippen molar-refractivity contribution in [3.05, 3.63) is 40.2 Å². The van der Waals surface area contributed by atoms with Crippen LogP contribution in [-0.4, -0.2) is 9.78 Å². The van der Waals surface area contributed by atoms with Crippen LogP contribution in [0.3, 0.4) is 0 Å². The first-order chi connectivity index (χ1) is 9.30. The zero-order chi connectivity index (χ0) is 14.9. The molecule has 2 rings (SSSR count). The molecule has 0 unspecified atom stereocenters. The highest BCUT2D eigenvalue weighted by Crippen LogP contribution is 2.36. The van der Waals surface area contributed by atoms with Crippen molar-refractivity contribution in [2.45, 2.75) is 6.18 Å². The van der Waals surface area contributed by atoms with Crippen molar-refractivity contribution in [3.8, 4) is 0 Å². The van der Waals surface area contributed by atoms with Gasteiger partial charge in [0.25, 0.3) is 5.56 Å². The zero-order valence-electron chi connectivity index (χ0n) is 10.3. The van der Waals surface area contributed by atoms with Crippen LogP contribution in [-0.2, 0) is 13.2 Å². The lowest BCUT2D eigenvalue weighted by Gasteiger charge is -2.07. The number of nitrogens with zero attached hydrogens (tertiary/aromatic N) is 3. The number of alkyl halides is 3. The summed E-state index contributed by atoms with van der Waals surface area (Å²) in [6.45, 7) is 0. The normalized spacial score (nSPS) is 12.2. The molecule has 0 spiro atoms. The molecular formula is C11H10F3N5O. The van der Waals surface area contributed by atoms with Gasteiger partial charge in [-0.15, -0.1) is 10.2 Å². The summed E-state index contributed by atoms with van der Waals surface area (Å²) in [5.41, 5.74) is 3.35. The van der Waals surface area contributed by atoms with Crippen molar-refractivity contribution in [1.82, 2.24) is 9.78 Å². The summed E-state index contributed by atoms with van der Waals surface area (Å²) in [6, 6.07) is 4.67. The smallest absolute Gasteiger partial charge is 0.382 e. The summed E-state index contributed by atoms with van der Waals surface area (Å²) in [5, 5.41) is 9.44. The lowest BCUT2D eigenvalue weighted by Crippen LogP contribution is -2.10. The van der Waals surface area contributed by atoms with E-state index >= 15 is 0 Å².